The maximum atomic E-state index is 13.7. The molecule has 3 aromatic rings. The first-order valence-electron chi connectivity index (χ1n) is 7.09. The molecule has 0 amide bonds. The summed E-state index contributed by atoms with van der Waals surface area (Å²) in [5, 5.41) is 5.89. The van der Waals surface area contributed by atoms with Crippen LogP contribution in [0.4, 0.5) is 31.8 Å². The van der Waals surface area contributed by atoms with Crippen molar-refractivity contribution in [3.63, 3.8) is 0 Å². The van der Waals surface area contributed by atoms with Crippen LogP contribution in [0.2, 0.25) is 0 Å². The van der Waals surface area contributed by atoms with E-state index < -0.39 is 11.6 Å². The lowest BCUT2D eigenvalue weighted by molar-refractivity contribution is 0.415. The van der Waals surface area contributed by atoms with Crippen molar-refractivity contribution < 1.29 is 13.5 Å². The molecule has 0 saturated heterocycles. The topological polar surface area (TPSA) is 59.1 Å². The maximum absolute atomic E-state index is 13.7. The van der Waals surface area contributed by atoms with Gasteiger partial charge in [0.15, 0.2) is 0 Å². The summed E-state index contributed by atoms with van der Waals surface area (Å²) in [6, 6.07) is 12.2. The van der Waals surface area contributed by atoms with Gasteiger partial charge < -0.3 is 15.4 Å². The summed E-state index contributed by atoms with van der Waals surface area (Å²) >= 11 is 0. The Kier molecular flexibility index (Phi) is 4.51. The maximum Gasteiger partial charge on any atom is 0.149 e. The number of hydrogen-bond donors (Lipinski definition) is 2. The lowest BCUT2D eigenvalue weighted by Crippen LogP contribution is -2.00. The van der Waals surface area contributed by atoms with Crippen molar-refractivity contribution in [1.29, 1.82) is 0 Å². The van der Waals surface area contributed by atoms with E-state index in [1.807, 2.05) is 24.3 Å². The van der Waals surface area contributed by atoms with Crippen molar-refractivity contribution in [2.75, 3.05) is 17.7 Å². The number of aromatic nitrogens is 2. The Morgan fingerprint density at radius 2 is 1.71 bits per heavy atom. The third-order valence-corrected chi connectivity index (χ3v) is 3.20. The largest absolute Gasteiger partial charge is 0.497 e. The van der Waals surface area contributed by atoms with E-state index in [0.29, 0.717) is 17.4 Å². The molecule has 0 aliphatic carbocycles. The van der Waals surface area contributed by atoms with Crippen LogP contribution in [0, 0.1) is 11.6 Å². The Hall–Kier alpha value is -3.22. The highest BCUT2D eigenvalue weighted by Crippen LogP contribution is 2.23. The molecule has 122 valence electrons. The minimum Gasteiger partial charge on any atom is -0.497 e. The normalized spacial score (nSPS) is 10.3. The molecule has 24 heavy (non-hydrogen) atoms. The summed E-state index contributed by atoms with van der Waals surface area (Å²) in [4.78, 5) is 8.14. The molecule has 0 radical (unpaired) electrons. The number of methoxy groups -OCH3 is 1. The first-order valence-corrected chi connectivity index (χ1v) is 7.09. The Labute approximate surface area is 137 Å². The zero-order chi connectivity index (χ0) is 16.9. The number of ether oxygens (including phenoxy) is 1. The molecule has 0 atom stereocenters. The highest BCUT2D eigenvalue weighted by molar-refractivity contribution is 5.63. The molecule has 0 aliphatic heterocycles. The average Bonchev–Trinajstić information content (AvgIpc) is 2.58. The zero-order valence-electron chi connectivity index (χ0n) is 12.8. The van der Waals surface area contributed by atoms with Crippen molar-refractivity contribution in [2.24, 2.45) is 0 Å². The van der Waals surface area contributed by atoms with E-state index in [1.165, 1.54) is 18.5 Å². The summed E-state index contributed by atoms with van der Waals surface area (Å²) in [6.07, 6.45) is 1.34. The second-order valence-electron chi connectivity index (χ2n) is 4.89. The van der Waals surface area contributed by atoms with Crippen LogP contribution in [-0.4, -0.2) is 17.1 Å². The van der Waals surface area contributed by atoms with Crippen LogP contribution in [0.1, 0.15) is 0 Å². The van der Waals surface area contributed by atoms with Gasteiger partial charge in [-0.05, 0) is 24.3 Å². The molecular formula is C17H14F2N4O. The van der Waals surface area contributed by atoms with E-state index >= 15 is 0 Å². The van der Waals surface area contributed by atoms with Crippen LogP contribution in [0.5, 0.6) is 5.75 Å². The van der Waals surface area contributed by atoms with Crippen LogP contribution in [-0.2, 0) is 0 Å². The molecule has 2 aromatic carbocycles. The second-order valence-corrected chi connectivity index (χ2v) is 4.89. The van der Waals surface area contributed by atoms with Crippen LogP contribution in [0.25, 0.3) is 0 Å². The van der Waals surface area contributed by atoms with E-state index in [9.17, 15) is 8.78 Å². The van der Waals surface area contributed by atoms with Crippen molar-refractivity contribution in [3.05, 3.63) is 66.5 Å². The molecule has 0 aliphatic rings. The van der Waals surface area contributed by atoms with Gasteiger partial charge in [0, 0.05) is 23.9 Å². The number of halogens is 2. The number of rotatable bonds is 5. The fraction of sp³-hybridized carbons (Fsp3) is 0.0588. The smallest absolute Gasteiger partial charge is 0.149 e. The van der Waals surface area contributed by atoms with Gasteiger partial charge in [-0.15, -0.1) is 0 Å². The lowest BCUT2D eigenvalue weighted by atomic mass is 10.3. The summed E-state index contributed by atoms with van der Waals surface area (Å²) in [7, 11) is 1.59. The third kappa shape index (κ3) is 3.75. The standard InChI is InChI=1S/C17H14F2N4O/c1-24-13-4-2-3-12(8-13)22-16-9-17(21-10-20-16)23-15-6-5-11(18)7-14(15)19/h2-10H,1H3,(H2,20,21,22,23). The monoisotopic (exact) mass is 328 g/mol. The highest BCUT2D eigenvalue weighted by Gasteiger charge is 2.06. The molecular weight excluding hydrogens is 314 g/mol. The number of nitrogens with one attached hydrogen (secondary N) is 2. The predicted molar refractivity (Wildman–Crippen MR) is 87.9 cm³/mol. The fourth-order valence-corrected chi connectivity index (χ4v) is 2.07. The molecule has 1 aromatic heterocycles. The van der Waals surface area contributed by atoms with E-state index in [4.69, 9.17) is 4.74 Å². The Bertz CT molecular complexity index is 857. The third-order valence-electron chi connectivity index (χ3n) is 3.20. The SMILES string of the molecule is COc1cccc(Nc2cc(Nc3ccc(F)cc3F)ncn2)c1. The van der Waals surface area contributed by atoms with Crippen molar-refractivity contribution in [2.45, 2.75) is 0 Å². The fourth-order valence-electron chi connectivity index (χ4n) is 2.07. The molecule has 0 spiro atoms. The zero-order valence-corrected chi connectivity index (χ0v) is 12.8. The van der Waals surface area contributed by atoms with Gasteiger partial charge in [-0.2, -0.15) is 0 Å². The van der Waals surface area contributed by atoms with E-state index in [0.717, 1.165) is 11.8 Å². The molecule has 0 saturated carbocycles. The van der Waals surface area contributed by atoms with Crippen LogP contribution in [0.15, 0.2) is 54.9 Å². The summed E-state index contributed by atoms with van der Waals surface area (Å²) in [5.41, 5.74) is 0.911. The first-order chi connectivity index (χ1) is 11.6. The number of nitrogens with zero attached hydrogens (tertiary/aromatic N) is 2. The van der Waals surface area contributed by atoms with Gasteiger partial charge in [-0.1, -0.05) is 6.07 Å². The molecule has 5 nitrogen and oxygen atoms in total. The average molecular weight is 328 g/mol. The van der Waals surface area contributed by atoms with Crippen molar-refractivity contribution in [1.82, 2.24) is 9.97 Å². The summed E-state index contributed by atoms with van der Waals surface area (Å²) in [5.74, 6) is 0.266. The highest BCUT2D eigenvalue weighted by atomic mass is 19.1. The van der Waals surface area contributed by atoms with Gasteiger partial charge in [0.1, 0.15) is 35.3 Å². The summed E-state index contributed by atoms with van der Waals surface area (Å²) in [6.45, 7) is 0. The second kappa shape index (κ2) is 6.91. The van der Waals surface area contributed by atoms with Gasteiger partial charge in [-0.25, -0.2) is 18.7 Å². The van der Waals surface area contributed by atoms with Crippen LogP contribution >= 0.6 is 0 Å². The van der Waals surface area contributed by atoms with Gasteiger partial charge in [-0.3, -0.25) is 0 Å². The van der Waals surface area contributed by atoms with Crippen molar-refractivity contribution in [3.8, 4) is 5.75 Å². The molecule has 1 heterocycles. The van der Waals surface area contributed by atoms with Gasteiger partial charge >= 0.3 is 0 Å². The molecule has 0 fully saturated rings. The molecule has 3 rings (SSSR count). The Morgan fingerprint density at radius 3 is 2.46 bits per heavy atom. The van der Waals surface area contributed by atoms with Crippen molar-refractivity contribution >= 4 is 23.0 Å². The first kappa shape index (κ1) is 15.7. The van der Waals surface area contributed by atoms with Gasteiger partial charge in [0.25, 0.3) is 0 Å². The molecule has 2 N–H and O–H groups in total. The Morgan fingerprint density at radius 1 is 0.917 bits per heavy atom. The van der Waals surface area contributed by atoms with Gasteiger partial charge in [0.2, 0.25) is 0 Å². The van der Waals surface area contributed by atoms with Crippen LogP contribution in [0.3, 0.4) is 0 Å². The summed E-state index contributed by atoms with van der Waals surface area (Å²) < 4.78 is 31.8. The number of hydrogen-bond acceptors (Lipinski definition) is 5. The Balaban J connectivity index is 1.78. The van der Waals surface area contributed by atoms with E-state index in [-0.39, 0.29) is 5.69 Å². The quantitative estimate of drug-likeness (QED) is 0.733. The van der Waals surface area contributed by atoms with Crippen LogP contribution < -0.4 is 15.4 Å². The minimum absolute atomic E-state index is 0.127. The number of anilines is 4. The van der Waals surface area contributed by atoms with Gasteiger partial charge in [0.05, 0.1) is 12.8 Å². The van der Waals surface area contributed by atoms with E-state index in [1.54, 1.807) is 13.2 Å². The van der Waals surface area contributed by atoms with E-state index in [2.05, 4.69) is 20.6 Å². The molecule has 0 unspecified atom stereocenters. The molecule has 7 heteroatoms. The number of benzene rings is 2. The predicted octanol–water partition coefficient (Wildman–Crippen LogP) is 4.25. The lowest BCUT2D eigenvalue weighted by Gasteiger charge is -2.10. The minimum atomic E-state index is -0.698. The molecule has 0 bridgehead atoms.